The van der Waals surface area contributed by atoms with Gasteiger partial charge in [-0.15, -0.1) is 0 Å². The van der Waals surface area contributed by atoms with Crippen LogP contribution in [0.15, 0.2) is 47.5 Å². The first-order chi connectivity index (χ1) is 10.7. The van der Waals surface area contributed by atoms with Crippen molar-refractivity contribution < 1.29 is 0 Å². The number of pyridine rings is 1. The van der Waals surface area contributed by atoms with Crippen LogP contribution in [0.5, 0.6) is 0 Å². The van der Waals surface area contributed by atoms with Gasteiger partial charge in [-0.1, -0.05) is 23.7 Å². The number of fused-ring (bicyclic) bond motifs is 1. The quantitative estimate of drug-likeness (QED) is 0.804. The molecule has 2 aromatic heterocycles. The SMILES string of the molecule is CCn1c(=O)c(NCc2cccc(Cl)c2)nc2ccncc21. The Labute approximate surface area is 132 Å². The fourth-order valence-corrected chi connectivity index (χ4v) is 2.56. The topological polar surface area (TPSA) is 59.8 Å². The van der Waals surface area contributed by atoms with Crippen LogP contribution < -0.4 is 10.9 Å². The van der Waals surface area contributed by atoms with E-state index in [1.807, 2.05) is 31.2 Å². The lowest BCUT2D eigenvalue weighted by atomic mass is 10.2. The van der Waals surface area contributed by atoms with Gasteiger partial charge < -0.3 is 9.88 Å². The zero-order valence-electron chi connectivity index (χ0n) is 12.1. The summed E-state index contributed by atoms with van der Waals surface area (Å²) < 4.78 is 1.66. The highest BCUT2D eigenvalue weighted by Gasteiger charge is 2.09. The molecule has 6 heteroatoms. The third-order valence-electron chi connectivity index (χ3n) is 3.41. The summed E-state index contributed by atoms with van der Waals surface area (Å²) >= 11 is 5.97. The Bertz CT molecular complexity index is 875. The molecule has 0 aliphatic heterocycles. The molecule has 112 valence electrons. The van der Waals surface area contributed by atoms with E-state index in [-0.39, 0.29) is 5.56 Å². The van der Waals surface area contributed by atoms with E-state index in [9.17, 15) is 4.79 Å². The van der Waals surface area contributed by atoms with Gasteiger partial charge in [-0.25, -0.2) is 4.98 Å². The van der Waals surface area contributed by atoms with Crippen molar-refractivity contribution in [1.29, 1.82) is 0 Å². The van der Waals surface area contributed by atoms with Gasteiger partial charge in [-0.3, -0.25) is 9.78 Å². The fraction of sp³-hybridized carbons (Fsp3) is 0.188. The van der Waals surface area contributed by atoms with Crippen LogP contribution in [0.2, 0.25) is 5.02 Å². The molecule has 0 aliphatic carbocycles. The second-order valence-electron chi connectivity index (χ2n) is 4.86. The number of hydrogen-bond donors (Lipinski definition) is 1. The third-order valence-corrected chi connectivity index (χ3v) is 3.65. The fourth-order valence-electron chi connectivity index (χ4n) is 2.35. The van der Waals surface area contributed by atoms with Gasteiger partial charge in [0.25, 0.3) is 5.56 Å². The lowest BCUT2D eigenvalue weighted by molar-refractivity contribution is 0.752. The van der Waals surface area contributed by atoms with Crippen molar-refractivity contribution in [3.63, 3.8) is 0 Å². The first-order valence-corrected chi connectivity index (χ1v) is 7.39. The van der Waals surface area contributed by atoms with E-state index < -0.39 is 0 Å². The minimum atomic E-state index is -0.148. The summed E-state index contributed by atoms with van der Waals surface area (Å²) in [6.45, 7) is 2.98. The van der Waals surface area contributed by atoms with Crippen molar-refractivity contribution in [3.8, 4) is 0 Å². The molecule has 0 radical (unpaired) electrons. The Balaban J connectivity index is 1.97. The Hall–Kier alpha value is -2.40. The van der Waals surface area contributed by atoms with E-state index in [2.05, 4.69) is 15.3 Å². The van der Waals surface area contributed by atoms with Crippen LogP contribution in [0, 0.1) is 0 Å². The molecular formula is C16H15ClN4O. The largest absolute Gasteiger partial charge is 0.361 e. The zero-order valence-corrected chi connectivity index (χ0v) is 12.8. The van der Waals surface area contributed by atoms with E-state index in [1.165, 1.54) is 0 Å². The number of nitrogens with one attached hydrogen (secondary N) is 1. The number of hydrogen-bond acceptors (Lipinski definition) is 4. The van der Waals surface area contributed by atoms with Crippen molar-refractivity contribution in [2.24, 2.45) is 0 Å². The molecule has 0 aliphatic rings. The standard InChI is InChI=1S/C16H15ClN4O/c1-2-21-14-10-18-7-6-13(14)20-15(16(21)22)19-9-11-4-3-5-12(17)8-11/h3-8,10H,2,9H2,1H3,(H,19,20). The molecule has 0 bridgehead atoms. The molecular weight excluding hydrogens is 300 g/mol. The summed E-state index contributed by atoms with van der Waals surface area (Å²) in [6, 6.07) is 9.30. The van der Waals surface area contributed by atoms with Crippen molar-refractivity contribution in [2.75, 3.05) is 5.32 Å². The Kier molecular flexibility index (Phi) is 4.06. The number of nitrogens with zero attached hydrogens (tertiary/aromatic N) is 3. The van der Waals surface area contributed by atoms with Gasteiger partial charge in [0.2, 0.25) is 0 Å². The van der Waals surface area contributed by atoms with Crippen molar-refractivity contribution in [1.82, 2.24) is 14.5 Å². The minimum absolute atomic E-state index is 0.148. The van der Waals surface area contributed by atoms with E-state index in [1.54, 1.807) is 23.0 Å². The van der Waals surface area contributed by atoms with Gasteiger partial charge in [0.05, 0.1) is 17.2 Å². The molecule has 2 heterocycles. The van der Waals surface area contributed by atoms with E-state index >= 15 is 0 Å². The second kappa shape index (κ2) is 6.15. The Morgan fingerprint density at radius 2 is 2.18 bits per heavy atom. The summed E-state index contributed by atoms with van der Waals surface area (Å²) in [5.41, 5.74) is 2.32. The number of rotatable bonds is 4. The zero-order chi connectivity index (χ0) is 15.5. The monoisotopic (exact) mass is 314 g/mol. The molecule has 3 rings (SSSR count). The van der Waals surface area contributed by atoms with Crippen LogP contribution in [0.1, 0.15) is 12.5 Å². The number of benzene rings is 1. The van der Waals surface area contributed by atoms with Gasteiger partial charge >= 0.3 is 0 Å². The van der Waals surface area contributed by atoms with Crippen molar-refractivity contribution in [2.45, 2.75) is 20.0 Å². The Morgan fingerprint density at radius 3 is 2.95 bits per heavy atom. The van der Waals surface area contributed by atoms with Crippen molar-refractivity contribution >= 4 is 28.5 Å². The summed E-state index contributed by atoms with van der Waals surface area (Å²) in [6.07, 6.45) is 3.33. The molecule has 0 saturated carbocycles. The number of aryl methyl sites for hydroxylation is 1. The smallest absolute Gasteiger partial charge is 0.293 e. The predicted octanol–water partition coefficient (Wildman–Crippen LogP) is 3.08. The lowest BCUT2D eigenvalue weighted by Gasteiger charge is -2.11. The van der Waals surface area contributed by atoms with Gasteiger partial charge in [0, 0.05) is 24.3 Å². The Morgan fingerprint density at radius 1 is 1.32 bits per heavy atom. The van der Waals surface area contributed by atoms with Crippen LogP contribution in [0.25, 0.3) is 11.0 Å². The minimum Gasteiger partial charge on any atom is -0.361 e. The first kappa shape index (κ1) is 14.5. The summed E-state index contributed by atoms with van der Waals surface area (Å²) in [5, 5.41) is 3.77. The average Bonchev–Trinajstić information content (AvgIpc) is 2.53. The highest BCUT2D eigenvalue weighted by Crippen LogP contribution is 2.13. The maximum Gasteiger partial charge on any atom is 0.293 e. The van der Waals surface area contributed by atoms with Crippen molar-refractivity contribution in [3.05, 3.63) is 63.7 Å². The number of anilines is 1. The first-order valence-electron chi connectivity index (χ1n) is 7.02. The van der Waals surface area contributed by atoms with Crippen LogP contribution in [-0.2, 0) is 13.1 Å². The molecule has 0 unspecified atom stereocenters. The van der Waals surface area contributed by atoms with Crippen LogP contribution >= 0.6 is 11.6 Å². The van der Waals surface area contributed by atoms with E-state index in [0.717, 1.165) is 16.6 Å². The molecule has 0 spiro atoms. The van der Waals surface area contributed by atoms with E-state index in [0.29, 0.717) is 23.9 Å². The normalized spacial score (nSPS) is 10.8. The highest BCUT2D eigenvalue weighted by molar-refractivity contribution is 6.30. The molecule has 0 amide bonds. The van der Waals surface area contributed by atoms with E-state index in [4.69, 9.17) is 11.6 Å². The van der Waals surface area contributed by atoms with Crippen LogP contribution in [0.3, 0.4) is 0 Å². The molecule has 1 N–H and O–H groups in total. The second-order valence-corrected chi connectivity index (χ2v) is 5.29. The number of halogens is 1. The lowest BCUT2D eigenvalue weighted by Crippen LogP contribution is -2.25. The maximum atomic E-state index is 12.5. The molecule has 0 atom stereocenters. The average molecular weight is 315 g/mol. The molecule has 5 nitrogen and oxygen atoms in total. The third kappa shape index (κ3) is 2.80. The maximum absolute atomic E-state index is 12.5. The molecule has 1 aromatic carbocycles. The van der Waals surface area contributed by atoms with Crippen LogP contribution in [0.4, 0.5) is 5.82 Å². The summed E-state index contributed by atoms with van der Waals surface area (Å²) in [4.78, 5) is 21.0. The van der Waals surface area contributed by atoms with Crippen LogP contribution in [-0.4, -0.2) is 14.5 Å². The molecule has 22 heavy (non-hydrogen) atoms. The van der Waals surface area contributed by atoms with Gasteiger partial charge in [0.1, 0.15) is 0 Å². The summed E-state index contributed by atoms with van der Waals surface area (Å²) in [5.74, 6) is 0.334. The number of aromatic nitrogens is 3. The highest BCUT2D eigenvalue weighted by atomic mass is 35.5. The van der Waals surface area contributed by atoms with Gasteiger partial charge in [-0.2, -0.15) is 0 Å². The van der Waals surface area contributed by atoms with Gasteiger partial charge in [-0.05, 0) is 30.7 Å². The molecule has 0 fully saturated rings. The predicted molar refractivity (Wildman–Crippen MR) is 88.3 cm³/mol. The summed E-state index contributed by atoms with van der Waals surface area (Å²) in [7, 11) is 0. The molecule has 3 aromatic rings. The molecule has 0 saturated heterocycles. The van der Waals surface area contributed by atoms with Gasteiger partial charge in [0.15, 0.2) is 5.82 Å².